The van der Waals surface area contributed by atoms with Gasteiger partial charge in [0.1, 0.15) is 17.9 Å². The maximum absolute atomic E-state index is 13.0. The van der Waals surface area contributed by atoms with Gasteiger partial charge in [-0.3, -0.25) is 9.59 Å². The number of phenolic OH excluding ortho intramolecular Hbond substituents is 1. The number of fused-ring (bicyclic) bond motifs is 2. The van der Waals surface area contributed by atoms with E-state index in [2.05, 4.69) is 0 Å². The predicted molar refractivity (Wildman–Crippen MR) is 127 cm³/mol. The molecule has 3 heterocycles. The van der Waals surface area contributed by atoms with Gasteiger partial charge in [0.15, 0.2) is 11.5 Å². The molecule has 1 atom stereocenters. The molecular weight excluding hydrogens is 452 g/mol. The number of phenols is 1. The number of carbonyl (C=O) groups is 2. The van der Waals surface area contributed by atoms with Crippen LogP contribution in [0.5, 0.6) is 17.2 Å². The SMILES string of the molecule is Cc1c(CC(=O)N2CCN(C(=O)[C@@H]3COc4ccccc4O3)CC2)c(=O)oc2c(C)c(O)ccc12. The number of rotatable bonds is 3. The highest BCUT2D eigenvalue weighted by Gasteiger charge is 2.33. The molecule has 0 bridgehead atoms. The van der Waals surface area contributed by atoms with Gasteiger partial charge in [-0.1, -0.05) is 12.1 Å². The van der Waals surface area contributed by atoms with Crippen LogP contribution in [0.25, 0.3) is 11.0 Å². The van der Waals surface area contributed by atoms with E-state index in [1.54, 1.807) is 47.9 Å². The van der Waals surface area contributed by atoms with Crippen molar-refractivity contribution in [1.29, 1.82) is 0 Å². The van der Waals surface area contributed by atoms with Gasteiger partial charge in [-0.05, 0) is 43.7 Å². The molecule has 0 spiro atoms. The lowest BCUT2D eigenvalue weighted by Crippen LogP contribution is -2.55. The van der Waals surface area contributed by atoms with E-state index in [9.17, 15) is 19.5 Å². The Hall–Kier alpha value is -4.01. The molecule has 2 aliphatic heterocycles. The Kier molecular flexibility index (Phi) is 5.84. The average Bonchev–Trinajstić information content (AvgIpc) is 2.88. The van der Waals surface area contributed by atoms with Crippen LogP contribution in [0.15, 0.2) is 45.6 Å². The Morgan fingerprint density at radius 2 is 1.66 bits per heavy atom. The van der Waals surface area contributed by atoms with Crippen molar-refractivity contribution >= 4 is 22.8 Å². The standard InChI is InChI=1S/C26H26N2O7/c1-15-17-7-8-19(29)16(2)24(17)35-26(32)18(15)13-23(30)27-9-11-28(12-10-27)25(31)22-14-33-20-5-3-4-6-21(20)34-22/h3-8,22,29H,9-14H2,1-2H3/t22-/m0/s1. The number of ether oxygens (including phenoxy) is 2. The van der Waals surface area contributed by atoms with E-state index in [0.717, 1.165) is 0 Å². The van der Waals surface area contributed by atoms with Crippen LogP contribution >= 0.6 is 0 Å². The van der Waals surface area contributed by atoms with Crippen molar-refractivity contribution in [2.24, 2.45) is 0 Å². The number of aryl methyl sites for hydroxylation is 2. The molecule has 1 fully saturated rings. The summed E-state index contributed by atoms with van der Waals surface area (Å²) in [5, 5.41) is 10.6. The first kappa shape index (κ1) is 22.8. The number of para-hydroxylation sites is 2. The van der Waals surface area contributed by atoms with Crippen LogP contribution in [0.1, 0.15) is 16.7 Å². The first-order valence-corrected chi connectivity index (χ1v) is 11.5. The lowest BCUT2D eigenvalue weighted by Gasteiger charge is -2.37. The highest BCUT2D eigenvalue weighted by atomic mass is 16.6. The Balaban J connectivity index is 1.23. The molecule has 1 N–H and O–H groups in total. The van der Waals surface area contributed by atoms with Crippen molar-refractivity contribution in [1.82, 2.24) is 9.80 Å². The van der Waals surface area contributed by atoms with Crippen molar-refractivity contribution in [3.8, 4) is 17.2 Å². The molecular formula is C26H26N2O7. The summed E-state index contributed by atoms with van der Waals surface area (Å²) in [5.41, 5.74) is 1.19. The van der Waals surface area contributed by atoms with Crippen molar-refractivity contribution in [3.05, 3.63) is 63.5 Å². The molecule has 9 nitrogen and oxygen atoms in total. The largest absolute Gasteiger partial charge is 0.508 e. The third-order valence-electron chi connectivity index (χ3n) is 6.73. The molecule has 2 amide bonds. The van der Waals surface area contributed by atoms with Gasteiger partial charge in [0, 0.05) is 37.1 Å². The quantitative estimate of drug-likeness (QED) is 0.575. The smallest absolute Gasteiger partial charge is 0.340 e. The van der Waals surface area contributed by atoms with Crippen LogP contribution in [0.3, 0.4) is 0 Å². The number of piperazine rings is 1. The number of benzene rings is 2. The van der Waals surface area contributed by atoms with Gasteiger partial charge in [0.05, 0.1) is 12.0 Å². The highest BCUT2D eigenvalue weighted by molar-refractivity contribution is 5.87. The summed E-state index contributed by atoms with van der Waals surface area (Å²) in [4.78, 5) is 41.9. The number of aromatic hydroxyl groups is 1. The van der Waals surface area contributed by atoms with Crippen molar-refractivity contribution in [2.45, 2.75) is 26.4 Å². The molecule has 1 aromatic heterocycles. The second kappa shape index (κ2) is 8.98. The maximum atomic E-state index is 13.0. The molecule has 3 aromatic rings. The second-order valence-electron chi connectivity index (χ2n) is 8.83. The minimum absolute atomic E-state index is 0.0469. The molecule has 0 radical (unpaired) electrons. The van der Waals surface area contributed by atoms with Gasteiger partial charge in [-0.25, -0.2) is 4.79 Å². The van der Waals surface area contributed by atoms with Gasteiger partial charge in [-0.2, -0.15) is 0 Å². The lowest BCUT2D eigenvalue weighted by molar-refractivity contribution is -0.146. The third-order valence-corrected chi connectivity index (χ3v) is 6.73. The monoisotopic (exact) mass is 478 g/mol. The first-order chi connectivity index (χ1) is 16.8. The molecule has 2 aromatic carbocycles. The van der Waals surface area contributed by atoms with Crippen molar-refractivity contribution < 1.29 is 28.6 Å². The van der Waals surface area contributed by atoms with Crippen LogP contribution in [-0.4, -0.2) is 65.6 Å². The molecule has 0 unspecified atom stereocenters. The third kappa shape index (κ3) is 4.18. The molecule has 0 aliphatic carbocycles. The summed E-state index contributed by atoms with van der Waals surface area (Å²) in [7, 11) is 0. The predicted octanol–water partition coefficient (Wildman–Crippen LogP) is 2.17. The van der Waals surface area contributed by atoms with E-state index in [-0.39, 0.29) is 30.6 Å². The molecule has 35 heavy (non-hydrogen) atoms. The van der Waals surface area contributed by atoms with Gasteiger partial charge in [-0.15, -0.1) is 0 Å². The van der Waals surface area contributed by atoms with E-state index < -0.39 is 11.7 Å². The highest BCUT2D eigenvalue weighted by Crippen LogP contribution is 2.31. The van der Waals surface area contributed by atoms with Gasteiger partial charge < -0.3 is 28.8 Å². The van der Waals surface area contributed by atoms with Gasteiger partial charge >= 0.3 is 5.63 Å². The molecule has 9 heteroatoms. The van der Waals surface area contributed by atoms with Crippen LogP contribution in [0.2, 0.25) is 0 Å². The van der Waals surface area contributed by atoms with E-state index >= 15 is 0 Å². The van der Waals surface area contributed by atoms with E-state index in [4.69, 9.17) is 13.9 Å². The van der Waals surface area contributed by atoms with Gasteiger partial charge in [0.2, 0.25) is 12.0 Å². The molecule has 5 rings (SSSR count). The fourth-order valence-corrected chi connectivity index (χ4v) is 4.57. The molecule has 1 saturated heterocycles. The average molecular weight is 479 g/mol. The fraction of sp³-hybridized carbons (Fsp3) is 0.346. The van der Waals surface area contributed by atoms with E-state index in [1.165, 1.54) is 0 Å². The summed E-state index contributed by atoms with van der Waals surface area (Å²) < 4.78 is 16.9. The number of hydrogen-bond acceptors (Lipinski definition) is 7. The van der Waals surface area contributed by atoms with E-state index in [1.807, 2.05) is 12.1 Å². The minimum Gasteiger partial charge on any atom is -0.508 e. The van der Waals surface area contributed by atoms with Gasteiger partial charge in [0.25, 0.3) is 5.91 Å². The Labute approximate surface area is 201 Å². The summed E-state index contributed by atoms with van der Waals surface area (Å²) in [6.07, 6.45) is -0.811. The fourth-order valence-electron chi connectivity index (χ4n) is 4.57. The first-order valence-electron chi connectivity index (χ1n) is 11.5. The van der Waals surface area contributed by atoms with Crippen LogP contribution in [-0.2, 0) is 16.0 Å². The zero-order valence-corrected chi connectivity index (χ0v) is 19.6. The minimum atomic E-state index is -0.722. The van der Waals surface area contributed by atoms with Crippen LogP contribution in [0.4, 0.5) is 0 Å². The van der Waals surface area contributed by atoms with Crippen LogP contribution < -0.4 is 15.1 Å². The molecule has 2 aliphatic rings. The Bertz CT molecular complexity index is 1370. The number of hydrogen-bond donors (Lipinski definition) is 1. The normalized spacial score (nSPS) is 17.5. The number of amides is 2. The lowest BCUT2D eigenvalue weighted by atomic mass is 10.0. The summed E-state index contributed by atoms with van der Waals surface area (Å²) in [5.74, 6) is 0.837. The van der Waals surface area contributed by atoms with Crippen molar-refractivity contribution in [2.75, 3.05) is 32.8 Å². The zero-order valence-electron chi connectivity index (χ0n) is 19.6. The van der Waals surface area contributed by atoms with Crippen molar-refractivity contribution in [3.63, 3.8) is 0 Å². The maximum Gasteiger partial charge on any atom is 0.340 e. The molecule has 182 valence electrons. The zero-order chi connectivity index (χ0) is 24.7. The van der Waals surface area contributed by atoms with E-state index in [0.29, 0.717) is 65.3 Å². The summed E-state index contributed by atoms with van der Waals surface area (Å²) >= 11 is 0. The second-order valence-corrected chi connectivity index (χ2v) is 8.83. The number of nitrogens with zero attached hydrogens (tertiary/aromatic N) is 2. The summed E-state index contributed by atoms with van der Waals surface area (Å²) in [6.45, 7) is 5.06. The molecule has 0 saturated carbocycles. The van der Waals surface area contributed by atoms with Crippen LogP contribution in [0, 0.1) is 13.8 Å². The number of carbonyl (C=O) groups excluding carboxylic acids is 2. The summed E-state index contributed by atoms with van der Waals surface area (Å²) in [6, 6.07) is 10.5. The topological polar surface area (TPSA) is 110 Å². The Morgan fingerprint density at radius 3 is 2.40 bits per heavy atom. The Morgan fingerprint density at radius 1 is 0.971 bits per heavy atom.